The third kappa shape index (κ3) is 559. The van der Waals surface area contributed by atoms with Crippen LogP contribution < -0.4 is 0 Å². The van der Waals surface area contributed by atoms with Gasteiger partial charge in [0.1, 0.15) is 5.78 Å². The molecular formula is C3H6MnO. The summed E-state index contributed by atoms with van der Waals surface area (Å²) in [6.07, 6.45) is 0. The summed E-state index contributed by atoms with van der Waals surface area (Å²) in [5.41, 5.74) is 0. The zero-order valence-corrected chi connectivity index (χ0v) is 4.47. The van der Waals surface area contributed by atoms with Gasteiger partial charge in [0.15, 0.2) is 0 Å². The van der Waals surface area contributed by atoms with E-state index in [4.69, 9.17) is 0 Å². The van der Waals surface area contributed by atoms with Crippen LogP contribution in [0.1, 0.15) is 13.8 Å². The Morgan fingerprint density at radius 3 is 1.40 bits per heavy atom. The normalized spacial score (nSPS) is 5.20. The van der Waals surface area contributed by atoms with Crippen molar-refractivity contribution in [1.82, 2.24) is 0 Å². The minimum absolute atomic E-state index is 0. The molecule has 0 aromatic heterocycles. The maximum atomic E-state index is 9.44. The van der Waals surface area contributed by atoms with Gasteiger partial charge in [-0.3, -0.25) is 0 Å². The van der Waals surface area contributed by atoms with Gasteiger partial charge in [0.05, 0.1) is 0 Å². The molecule has 0 heterocycles. The number of carbonyl (C=O) groups is 1. The Morgan fingerprint density at radius 2 is 1.40 bits per heavy atom. The summed E-state index contributed by atoms with van der Waals surface area (Å²) in [4.78, 5) is 9.44. The van der Waals surface area contributed by atoms with Crippen LogP contribution in [0.4, 0.5) is 0 Å². The molecule has 0 saturated heterocycles. The molecule has 0 spiro atoms. The van der Waals surface area contributed by atoms with Crippen molar-refractivity contribution in [1.29, 1.82) is 0 Å². The second-order valence-electron chi connectivity index (χ2n) is 0.908. The first-order valence-corrected chi connectivity index (χ1v) is 1.20. The Labute approximate surface area is 42.2 Å². The molecule has 0 aliphatic heterocycles. The van der Waals surface area contributed by atoms with Crippen molar-refractivity contribution in [3.8, 4) is 0 Å². The number of carbonyl (C=O) groups excluding carboxylic acids is 1. The van der Waals surface area contributed by atoms with Crippen LogP contribution >= 0.6 is 0 Å². The van der Waals surface area contributed by atoms with Gasteiger partial charge in [-0.15, -0.1) is 0 Å². The molecule has 0 saturated carbocycles. The van der Waals surface area contributed by atoms with Crippen LogP contribution in [0.25, 0.3) is 0 Å². The van der Waals surface area contributed by atoms with Crippen molar-refractivity contribution in [2.45, 2.75) is 13.8 Å². The average Bonchev–Trinajstić information content (AvgIpc) is 0.811. The Hall–Kier alpha value is 0.189. The van der Waals surface area contributed by atoms with Gasteiger partial charge in [-0.2, -0.15) is 0 Å². The van der Waals surface area contributed by atoms with Crippen molar-refractivity contribution in [2.75, 3.05) is 0 Å². The van der Waals surface area contributed by atoms with E-state index >= 15 is 0 Å². The summed E-state index contributed by atoms with van der Waals surface area (Å²) in [7, 11) is 0. The van der Waals surface area contributed by atoms with Crippen molar-refractivity contribution >= 4 is 5.78 Å². The summed E-state index contributed by atoms with van der Waals surface area (Å²) in [5, 5.41) is 0. The SMILES string of the molecule is CC(C)=O.[Mn]. The average molecular weight is 113 g/mol. The van der Waals surface area contributed by atoms with Crippen LogP contribution in [-0.4, -0.2) is 5.78 Å². The molecule has 0 rings (SSSR count). The number of ketones is 1. The van der Waals surface area contributed by atoms with Gasteiger partial charge in [-0.05, 0) is 13.8 Å². The van der Waals surface area contributed by atoms with E-state index in [1.54, 1.807) is 0 Å². The summed E-state index contributed by atoms with van der Waals surface area (Å²) < 4.78 is 0. The van der Waals surface area contributed by atoms with E-state index in [1.807, 2.05) is 0 Å². The largest absolute Gasteiger partial charge is 0.300 e. The monoisotopic (exact) mass is 113 g/mol. The second-order valence-corrected chi connectivity index (χ2v) is 0.908. The number of rotatable bonds is 0. The molecule has 0 amide bonds. The van der Waals surface area contributed by atoms with Crippen LogP contribution in [0.3, 0.4) is 0 Å². The molecule has 0 aromatic carbocycles. The van der Waals surface area contributed by atoms with E-state index in [2.05, 4.69) is 0 Å². The first kappa shape index (κ1) is 8.95. The molecule has 0 N–H and O–H groups in total. The van der Waals surface area contributed by atoms with Gasteiger partial charge in [0.2, 0.25) is 0 Å². The van der Waals surface area contributed by atoms with E-state index in [9.17, 15) is 4.79 Å². The Morgan fingerprint density at radius 1 is 1.40 bits per heavy atom. The third-order valence-corrected chi connectivity index (χ3v) is 0. The van der Waals surface area contributed by atoms with E-state index in [-0.39, 0.29) is 22.9 Å². The molecule has 0 bridgehead atoms. The molecule has 0 fully saturated rings. The van der Waals surface area contributed by atoms with E-state index in [0.717, 1.165) is 0 Å². The maximum absolute atomic E-state index is 9.44. The summed E-state index contributed by atoms with van der Waals surface area (Å²) in [6, 6.07) is 0. The molecule has 1 nitrogen and oxygen atoms in total. The molecule has 0 aliphatic carbocycles. The van der Waals surface area contributed by atoms with E-state index < -0.39 is 0 Å². The third-order valence-electron chi connectivity index (χ3n) is 0. The predicted octanol–water partition coefficient (Wildman–Crippen LogP) is 0.593. The van der Waals surface area contributed by atoms with Crippen molar-refractivity contribution in [2.24, 2.45) is 0 Å². The minimum atomic E-state index is 0. The van der Waals surface area contributed by atoms with Crippen LogP contribution in [-0.2, 0) is 21.9 Å². The first-order chi connectivity index (χ1) is 1.73. The van der Waals surface area contributed by atoms with Crippen LogP contribution in [0.5, 0.6) is 0 Å². The number of hydrogen-bond acceptors (Lipinski definition) is 1. The summed E-state index contributed by atoms with van der Waals surface area (Å²) in [5.74, 6) is 0.167. The zero-order valence-electron chi connectivity index (χ0n) is 3.29. The summed E-state index contributed by atoms with van der Waals surface area (Å²) >= 11 is 0. The molecule has 0 aliphatic rings. The molecule has 1 radical (unpaired) electrons. The van der Waals surface area contributed by atoms with Crippen LogP contribution in [0.2, 0.25) is 0 Å². The quantitative estimate of drug-likeness (QED) is 0.420. The number of hydrogen-bond donors (Lipinski definition) is 0. The molecule has 5 heavy (non-hydrogen) atoms. The smallest absolute Gasteiger partial charge is 0.126 e. The van der Waals surface area contributed by atoms with Gasteiger partial charge in [0, 0.05) is 17.1 Å². The van der Waals surface area contributed by atoms with Gasteiger partial charge in [0.25, 0.3) is 0 Å². The fraction of sp³-hybridized carbons (Fsp3) is 0.667. The van der Waals surface area contributed by atoms with Gasteiger partial charge in [-0.25, -0.2) is 0 Å². The topological polar surface area (TPSA) is 17.1 Å². The van der Waals surface area contributed by atoms with Crippen molar-refractivity contribution in [3.63, 3.8) is 0 Å². The molecule has 0 unspecified atom stereocenters. The molecule has 0 aromatic rings. The Balaban J connectivity index is 0. The zero-order chi connectivity index (χ0) is 3.58. The maximum Gasteiger partial charge on any atom is 0.126 e. The van der Waals surface area contributed by atoms with Gasteiger partial charge < -0.3 is 4.79 Å². The summed E-state index contributed by atoms with van der Waals surface area (Å²) in [6.45, 7) is 3.06. The van der Waals surface area contributed by atoms with Crippen LogP contribution in [0, 0.1) is 0 Å². The Kier molecular flexibility index (Phi) is 7.50. The van der Waals surface area contributed by atoms with Gasteiger partial charge in [-0.1, -0.05) is 0 Å². The minimum Gasteiger partial charge on any atom is -0.300 e. The fourth-order valence-electron chi connectivity index (χ4n) is 0. The fourth-order valence-corrected chi connectivity index (χ4v) is 0. The van der Waals surface area contributed by atoms with Gasteiger partial charge >= 0.3 is 0 Å². The van der Waals surface area contributed by atoms with Crippen molar-refractivity contribution < 1.29 is 21.9 Å². The number of Topliss-reactive ketones (excluding diaryl/α,β-unsaturated/α-hetero) is 1. The predicted molar refractivity (Wildman–Crippen MR) is 16.4 cm³/mol. The van der Waals surface area contributed by atoms with E-state index in [0.29, 0.717) is 0 Å². The Bertz CT molecular complexity index is 29.9. The second kappa shape index (κ2) is 4.19. The standard InChI is InChI=1S/C3H6O.Mn/c1-3(2)4;/h1-2H3;. The molecule has 2 heteroatoms. The molecule has 0 atom stereocenters. The first-order valence-electron chi connectivity index (χ1n) is 1.20. The molecular weight excluding hydrogens is 107 g/mol. The van der Waals surface area contributed by atoms with Crippen LogP contribution in [0.15, 0.2) is 0 Å². The van der Waals surface area contributed by atoms with Crippen molar-refractivity contribution in [3.05, 3.63) is 0 Å². The molecule has 31 valence electrons. The van der Waals surface area contributed by atoms with E-state index in [1.165, 1.54) is 13.8 Å².